The van der Waals surface area contributed by atoms with Gasteiger partial charge in [0.25, 0.3) is 0 Å². The molecule has 0 radical (unpaired) electrons. The molecule has 2 heterocycles. The van der Waals surface area contributed by atoms with E-state index in [0.717, 1.165) is 5.76 Å². The summed E-state index contributed by atoms with van der Waals surface area (Å²) in [6.45, 7) is 4.47. The Morgan fingerprint density at radius 2 is 2.26 bits per heavy atom. The predicted octanol–water partition coefficient (Wildman–Crippen LogP) is 2.59. The summed E-state index contributed by atoms with van der Waals surface area (Å²) in [7, 11) is 0. The van der Waals surface area contributed by atoms with Crippen LogP contribution in [0.1, 0.15) is 31.9 Å². The highest BCUT2D eigenvalue weighted by molar-refractivity contribution is 5.86. The van der Waals surface area contributed by atoms with Crippen molar-refractivity contribution in [2.24, 2.45) is 0 Å². The molecule has 1 aliphatic heterocycles. The lowest BCUT2D eigenvalue weighted by atomic mass is 9.99. The van der Waals surface area contributed by atoms with Crippen LogP contribution in [-0.4, -0.2) is 25.5 Å². The molecule has 19 heavy (non-hydrogen) atoms. The zero-order chi connectivity index (χ0) is 13.7. The van der Waals surface area contributed by atoms with E-state index in [0.29, 0.717) is 19.6 Å². The topological polar surface area (TPSA) is 57.9 Å². The lowest BCUT2D eigenvalue weighted by Crippen LogP contribution is -2.27. The second-order valence-corrected chi connectivity index (χ2v) is 4.11. The fourth-order valence-electron chi connectivity index (χ4n) is 1.99. The van der Waals surface area contributed by atoms with Crippen molar-refractivity contribution in [2.75, 3.05) is 13.2 Å². The smallest absolute Gasteiger partial charge is 0.373 e. The molecule has 0 saturated heterocycles. The zero-order valence-electron chi connectivity index (χ0n) is 11.1. The Hall–Kier alpha value is -1.75. The maximum Gasteiger partial charge on any atom is 0.373 e. The predicted molar refractivity (Wildman–Crippen MR) is 67.3 cm³/mol. The Morgan fingerprint density at radius 3 is 2.89 bits per heavy atom. The normalized spacial score (nSPS) is 22.5. The van der Waals surface area contributed by atoms with Crippen LogP contribution in [0.15, 0.2) is 34.6 Å². The molecule has 104 valence electrons. The van der Waals surface area contributed by atoms with Gasteiger partial charge >= 0.3 is 5.97 Å². The molecule has 5 nitrogen and oxygen atoms in total. The van der Waals surface area contributed by atoms with Gasteiger partial charge in [-0.2, -0.15) is 0 Å². The quantitative estimate of drug-likeness (QED) is 0.767. The lowest BCUT2D eigenvalue weighted by Gasteiger charge is -2.27. The van der Waals surface area contributed by atoms with Crippen molar-refractivity contribution < 1.29 is 23.4 Å². The van der Waals surface area contributed by atoms with Gasteiger partial charge in [-0.3, -0.25) is 0 Å². The third-order valence-corrected chi connectivity index (χ3v) is 2.80. The van der Waals surface area contributed by atoms with E-state index in [1.54, 1.807) is 19.3 Å². The molecule has 0 aliphatic carbocycles. The Bertz CT molecular complexity index is 435. The standard InChI is InChI=1S/C14H18O5/c1-3-16-13-9-10(11-6-5-7-18-11)8-12(19-13)14(15)17-4-2/h5-8,10,13H,3-4,9H2,1-2H3/t10-,13-/m0/s1. The van der Waals surface area contributed by atoms with Gasteiger partial charge in [0, 0.05) is 18.9 Å². The van der Waals surface area contributed by atoms with E-state index >= 15 is 0 Å². The van der Waals surface area contributed by atoms with Crippen molar-refractivity contribution in [1.82, 2.24) is 0 Å². The van der Waals surface area contributed by atoms with E-state index in [1.165, 1.54) is 0 Å². The number of rotatable bonds is 5. The average molecular weight is 266 g/mol. The molecular formula is C14H18O5. The van der Waals surface area contributed by atoms with Crippen LogP contribution >= 0.6 is 0 Å². The Kier molecular flexibility index (Phi) is 4.63. The van der Waals surface area contributed by atoms with Crippen LogP contribution in [0.3, 0.4) is 0 Å². The first-order valence-corrected chi connectivity index (χ1v) is 6.45. The molecule has 0 saturated carbocycles. The van der Waals surface area contributed by atoms with E-state index in [2.05, 4.69) is 0 Å². The minimum Gasteiger partial charge on any atom is -0.469 e. The summed E-state index contributed by atoms with van der Waals surface area (Å²) in [6.07, 6.45) is 3.50. The summed E-state index contributed by atoms with van der Waals surface area (Å²) < 4.78 is 21.3. The van der Waals surface area contributed by atoms with Crippen LogP contribution in [0.4, 0.5) is 0 Å². The minimum absolute atomic E-state index is 0.0419. The molecule has 1 aromatic rings. The van der Waals surface area contributed by atoms with Gasteiger partial charge in [-0.1, -0.05) is 0 Å². The SMILES string of the molecule is CCOC(=O)C1=C[C@H](c2ccco2)C[C@@H](OCC)O1. The molecule has 0 amide bonds. The first-order chi connectivity index (χ1) is 9.24. The minimum atomic E-state index is -0.469. The van der Waals surface area contributed by atoms with Gasteiger partial charge in [0.1, 0.15) is 5.76 Å². The van der Waals surface area contributed by atoms with Crippen molar-refractivity contribution in [3.05, 3.63) is 36.0 Å². The van der Waals surface area contributed by atoms with Gasteiger partial charge in [-0.25, -0.2) is 4.79 Å². The van der Waals surface area contributed by atoms with Crippen molar-refractivity contribution in [2.45, 2.75) is 32.5 Å². The van der Waals surface area contributed by atoms with Crippen LogP contribution in [-0.2, 0) is 19.0 Å². The molecule has 0 fully saturated rings. The number of allylic oxidation sites excluding steroid dienone is 1. The molecule has 1 aromatic heterocycles. The number of furan rings is 1. The summed E-state index contributed by atoms with van der Waals surface area (Å²) in [5, 5.41) is 0. The highest BCUT2D eigenvalue weighted by Gasteiger charge is 2.30. The molecular weight excluding hydrogens is 248 g/mol. The van der Waals surface area contributed by atoms with Crippen LogP contribution in [0.5, 0.6) is 0 Å². The fraction of sp³-hybridized carbons (Fsp3) is 0.500. The largest absolute Gasteiger partial charge is 0.469 e. The average Bonchev–Trinajstić information content (AvgIpc) is 2.93. The number of carbonyl (C=O) groups excluding carboxylic acids is 1. The monoisotopic (exact) mass is 266 g/mol. The highest BCUT2D eigenvalue weighted by atomic mass is 16.7. The Labute approximate surface area is 112 Å². The van der Waals surface area contributed by atoms with Crippen LogP contribution in [0.25, 0.3) is 0 Å². The summed E-state index contributed by atoms with van der Waals surface area (Å²) >= 11 is 0. The van der Waals surface area contributed by atoms with E-state index in [4.69, 9.17) is 18.6 Å². The Morgan fingerprint density at radius 1 is 1.42 bits per heavy atom. The van der Waals surface area contributed by atoms with Crippen LogP contribution in [0.2, 0.25) is 0 Å². The number of hydrogen-bond acceptors (Lipinski definition) is 5. The summed E-state index contributed by atoms with van der Waals surface area (Å²) in [6, 6.07) is 3.69. The van der Waals surface area contributed by atoms with Crippen molar-refractivity contribution in [3.63, 3.8) is 0 Å². The fourth-order valence-corrected chi connectivity index (χ4v) is 1.99. The van der Waals surface area contributed by atoms with Gasteiger partial charge in [-0.15, -0.1) is 0 Å². The van der Waals surface area contributed by atoms with Crippen molar-refractivity contribution in [1.29, 1.82) is 0 Å². The van der Waals surface area contributed by atoms with Gasteiger partial charge in [0.2, 0.25) is 12.0 Å². The molecule has 0 bridgehead atoms. The maximum absolute atomic E-state index is 11.8. The number of carbonyl (C=O) groups is 1. The summed E-state index contributed by atoms with van der Waals surface area (Å²) in [5.41, 5.74) is 0. The molecule has 0 spiro atoms. The second-order valence-electron chi connectivity index (χ2n) is 4.11. The number of esters is 1. The third-order valence-electron chi connectivity index (χ3n) is 2.80. The maximum atomic E-state index is 11.8. The summed E-state index contributed by atoms with van der Waals surface area (Å²) in [4.78, 5) is 11.8. The molecule has 2 rings (SSSR count). The van der Waals surface area contributed by atoms with Gasteiger partial charge in [-0.05, 0) is 32.1 Å². The molecule has 0 aromatic carbocycles. The lowest BCUT2D eigenvalue weighted by molar-refractivity contribution is -0.160. The first kappa shape index (κ1) is 13.7. The van der Waals surface area contributed by atoms with Crippen LogP contribution < -0.4 is 0 Å². The van der Waals surface area contributed by atoms with Crippen molar-refractivity contribution in [3.8, 4) is 0 Å². The van der Waals surface area contributed by atoms with Gasteiger partial charge in [0.05, 0.1) is 12.9 Å². The molecule has 2 atom stereocenters. The molecule has 5 heteroatoms. The van der Waals surface area contributed by atoms with E-state index in [-0.39, 0.29) is 11.7 Å². The molecule has 1 aliphatic rings. The molecule has 0 unspecified atom stereocenters. The zero-order valence-corrected chi connectivity index (χ0v) is 11.1. The number of ether oxygens (including phenoxy) is 3. The first-order valence-electron chi connectivity index (χ1n) is 6.45. The summed E-state index contributed by atoms with van der Waals surface area (Å²) in [5.74, 6) is 0.464. The number of hydrogen-bond donors (Lipinski definition) is 0. The second kappa shape index (κ2) is 6.43. The Balaban J connectivity index is 2.17. The highest BCUT2D eigenvalue weighted by Crippen LogP contribution is 2.31. The van der Waals surface area contributed by atoms with Crippen molar-refractivity contribution >= 4 is 5.97 Å². The van der Waals surface area contributed by atoms with E-state index < -0.39 is 12.3 Å². The van der Waals surface area contributed by atoms with E-state index in [1.807, 2.05) is 19.1 Å². The van der Waals surface area contributed by atoms with E-state index in [9.17, 15) is 4.79 Å². The molecule has 0 N–H and O–H groups in total. The van der Waals surface area contributed by atoms with Gasteiger partial charge in [0.15, 0.2) is 0 Å². The third kappa shape index (κ3) is 3.38. The van der Waals surface area contributed by atoms with Crippen LogP contribution in [0, 0.1) is 0 Å². The van der Waals surface area contributed by atoms with Gasteiger partial charge < -0.3 is 18.6 Å².